The largest absolute Gasteiger partial charge is 0.345 e. The molecule has 0 aliphatic rings. The Labute approximate surface area is 131 Å². The van der Waals surface area contributed by atoms with Crippen LogP contribution < -0.4 is 4.90 Å². The number of rotatable bonds is 2. The SMILES string of the molecule is CN(c1ccccc1)c1ccc(C#Cc2ccccc2)cc1. The highest BCUT2D eigenvalue weighted by atomic mass is 15.1. The van der Waals surface area contributed by atoms with E-state index in [0.29, 0.717) is 0 Å². The van der Waals surface area contributed by atoms with Crippen LogP contribution in [0.5, 0.6) is 0 Å². The van der Waals surface area contributed by atoms with Crippen LogP contribution in [0.4, 0.5) is 11.4 Å². The molecule has 0 saturated heterocycles. The number of anilines is 2. The lowest BCUT2D eigenvalue weighted by atomic mass is 10.1. The number of hydrogen-bond donors (Lipinski definition) is 0. The summed E-state index contributed by atoms with van der Waals surface area (Å²) in [6.07, 6.45) is 0. The van der Waals surface area contributed by atoms with Gasteiger partial charge in [-0.2, -0.15) is 0 Å². The molecule has 3 aromatic carbocycles. The van der Waals surface area contributed by atoms with Crippen LogP contribution in [0.3, 0.4) is 0 Å². The zero-order valence-corrected chi connectivity index (χ0v) is 12.5. The first-order chi connectivity index (χ1) is 10.8. The second kappa shape index (κ2) is 6.65. The van der Waals surface area contributed by atoms with Gasteiger partial charge in [0, 0.05) is 29.5 Å². The first kappa shape index (κ1) is 14.0. The monoisotopic (exact) mass is 283 g/mol. The highest BCUT2D eigenvalue weighted by Crippen LogP contribution is 2.23. The molecule has 0 fully saturated rings. The fraction of sp³-hybridized carbons (Fsp3) is 0.0476. The van der Waals surface area contributed by atoms with E-state index in [4.69, 9.17) is 0 Å². The molecule has 0 heterocycles. The van der Waals surface area contributed by atoms with Crippen LogP contribution in [0.1, 0.15) is 11.1 Å². The maximum atomic E-state index is 3.20. The van der Waals surface area contributed by atoms with Crippen LogP contribution >= 0.6 is 0 Å². The molecule has 0 bridgehead atoms. The Kier molecular flexibility index (Phi) is 4.22. The van der Waals surface area contributed by atoms with Gasteiger partial charge < -0.3 is 4.90 Å². The summed E-state index contributed by atoms with van der Waals surface area (Å²) in [6.45, 7) is 0. The van der Waals surface area contributed by atoms with Gasteiger partial charge in [-0.1, -0.05) is 48.2 Å². The van der Waals surface area contributed by atoms with Gasteiger partial charge in [-0.05, 0) is 48.5 Å². The average molecular weight is 283 g/mol. The molecule has 0 aliphatic heterocycles. The topological polar surface area (TPSA) is 3.24 Å². The van der Waals surface area contributed by atoms with Gasteiger partial charge in [-0.15, -0.1) is 0 Å². The predicted octanol–water partition coefficient (Wildman–Crippen LogP) is 4.85. The van der Waals surface area contributed by atoms with Gasteiger partial charge in [-0.3, -0.25) is 0 Å². The molecule has 0 aliphatic carbocycles. The Bertz CT molecular complexity index is 778. The smallest absolute Gasteiger partial charge is 0.0408 e. The van der Waals surface area contributed by atoms with E-state index in [1.807, 2.05) is 48.5 Å². The van der Waals surface area contributed by atoms with E-state index in [1.54, 1.807) is 0 Å². The Morgan fingerprint density at radius 3 is 1.59 bits per heavy atom. The summed E-state index contributed by atoms with van der Waals surface area (Å²) in [5.41, 5.74) is 4.38. The number of nitrogens with zero attached hydrogens (tertiary/aromatic N) is 1. The normalized spacial score (nSPS) is 9.68. The van der Waals surface area contributed by atoms with E-state index in [2.05, 4.69) is 60.2 Å². The fourth-order valence-electron chi connectivity index (χ4n) is 2.23. The molecule has 0 aromatic heterocycles. The van der Waals surface area contributed by atoms with Gasteiger partial charge in [0.2, 0.25) is 0 Å². The van der Waals surface area contributed by atoms with Gasteiger partial charge in [0.25, 0.3) is 0 Å². The number of para-hydroxylation sites is 1. The molecule has 106 valence electrons. The van der Waals surface area contributed by atoms with Crippen molar-refractivity contribution in [2.45, 2.75) is 0 Å². The van der Waals surface area contributed by atoms with Crippen molar-refractivity contribution in [3.63, 3.8) is 0 Å². The van der Waals surface area contributed by atoms with E-state index >= 15 is 0 Å². The van der Waals surface area contributed by atoms with Crippen molar-refractivity contribution in [1.29, 1.82) is 0 Å². The minimum Gasteiger partial charge on any atom is -0.345 e. The summed E-state index contributed by atoms with van der Waals surface area (Å²) in [5.74, 6) is 6.38. The van der Waals surface area contributed by atoms with Crippen LogP contribution in [-0.2, 0) is 0 Å². The van der Waals surface area contributed by atoms with Crippen molar-refractivity contribution in [3.8, 4) is 11.8 Å². The van der Waals surface area contributed by atoms with Gasteiger partial charge in [0.1, 0.15) is 0 Å². The Hall–Kier alpha value is -2.98. The summed E-state index contributed by atoms with van der Waals surface area (Å²) in [5, 5.41) is 0. The summed E-state index contributed by atoms with van der Waals surface area (Å²) >= 11 is 0. The first-order valence-corrected chi connectivity index (χ1v) is 7.29. The molecule has 1 heteroatoms. The highest BCUT2D eigenvalue weighted by Gasteiger charge is 2.02. The molecule has 0 saturated carbocycles. The lowest BCUT2D eigenvalue weighted by molar-refractivity contribution is 1.21. The molecular formula is C21H17N. The average Bonchev–Trinajstić information content (AvgIpc) is 2.61. The van der Waals surface area contributed by atoms with E-state index in [0.717, 1.165) is 16.8 Å². The Morgan fingerprint density at radius 2 is 1.00 bits per heavy atom. The third-order valence-electron chi connectivity index (χ3n) is 3.52. The van der Waals surface area contributed by atoms with Crippen molar-refractivity contribution < 1.29 is 0 Å². The third-order valence-corrected chi connectivity index (χ3v) is 3.52. The molecule has 3 rings (SSSR count). The van der Waals surface area contributed by atoms with Crippen LogP contribution in [0.25, 0.3) is 0 Å². The van der Waals surface area contributed by atoms with Gasteiger partial charge >= 0.3 is 0 Å². The van der Waals surface area contributed by atoms with Crippen molar-refractivity contribution in [2.75, 3.05) is 11.9 Å². The lowest BCUT2D eigenvalue weighted by Crippen LogP contribution is -2.08. The minimum absolute atomic E-state index is 1.02. The van der Waals surface area contributed by atoms with Gasteiger partial charge in [0.05, 0.1) is 0 Å². The summed E-state index contributed by atoms with van der Waals surface area (Å²) in [6, 6.07) is 28.7. The number of hydrogen-bond acceptors (Lipinski definition) is 1. The first-order valence-electron chi connectivity index (χ1n) is 7.29. The second-order valence-corrected chi connectivity index (χ2v) is 5.06. The van der Waals surface area contributed by atoms with E-state index in [-0.39, 0.29) is 0 Å². The maximum absolute atomic E-state index is 3.20. The Balaban J connectivity index is 1.78. The van der Waals surface area contributed by atoms with E-state index in [9.17, 15) is 0 Å². The summed E-state index contributed by atoms with van der Waals surface area (Å²) < 4.78 is 0. The predicted molar refractivity (Wildman–Crippen MR) is 93.4 cm³/mol. The second-order valence-electron chi connectivity index (χ2n) is 5.06. The standard InChI is InChI=1S/C21H17N/c1-22(20-10-6-3-7-11-20)21-16-14-19(15-17-21)13-12-18-8-4-2-5-9-18/h2-11,14-17H,1H3. The van der Waals surface area contributed by atoms with Gasteiger partial charge in [-0.25, -0.2) is 0 Å². The quantitative estimate of drug-likeness (QED) is 0.607. The molecule has 3 aromatic rings. The maximum Gasteiger partial charge on any atom is 0.0408 e. The summed E-state index contributed by atoms with van der Waals surface area (Å²) in [7, 11) is 2.07. The molecular weight excluding hydrogens is 266 g/mol. The molecule has 0 spiro atoms. The molecule has 0 radical (unpaired) electrons. The molecule has 22 heavy (non-hydrogen) atoms. The molecule has 0 N–H and O–H groups in total. The zero-order valence-electron chi connectivity index (χ0n) is 12.5. The van der Waals surface area contributed by atoms with Crippen molar-refractivity contribution in [3.05, 3.63) is 96.1 Å². The van der Waals surface area contributed by atoms with Gasteiger partial charge in [0.15, 0.2) is 0 Å². The van der Waals surface area contributed by atoms with Crippen molar-refractivity contribution in [1.82, 2.24) is 0 Å². The minimum atomic E-state index is 1.02. The summed E-state index contributed by atoms with van der Waals surface area (Å²) in [4.78, 5) is 2.16. The van der Waals surface area contributed by atoms with Crippen LogP contribution in [0, 0.1) is 11.8 Å². The zero-order chi connectivity index (χ0) is 15.2. The molecule has 1 nitrogen and oxygen atoms in total. The third kappa shape index (κ3) is 3.37. The Morgan fingerprint density at radius 1 is 0.545 bits per heavy atom. The van der Waals surface area contributed by atoms with Crippen LogP contribution in [0.15, 0.2) is 84.9 Å². The highest BCUT2D eigenvalue weighted by molar-refractivity contribution is 5.63. The molecule has 0 atom stereocenters. The van der Waals surface area contributed by atoms with E-state index < -0.39 is 0 Å². The molecule has 0 amide bonds. The van der Waals surface area contributed by atoms with Crippen LogP contribution in [0.2, 0.25) is 0 Å². The lowest BCUT2D eigenvalue weighted by Gasteiger charge is -2.19. The molecule has 0 unspecified atom stereocenters. The van der Waals surface area contributed by atoms with Crippen molar-refractivity contribution in [2.24, 2.45) is 0 Å². The number of benzene rings is 3. The van der Waals surface area contributed by atoms with E-state index in [1.165, 1.54) is 5.69 Å². The fourth-order valence-corrected chi connectivity index (χ4v) is 2.23. The van der Waals surface area contributed by atoms with Crippen molar-refractivity contribution >= 4 is 11.4 Å². The van der Waals surface area contributed by atoms with Crippen LogP contribution in [-0.4, -0.2) is 7.05 Å².